The van der Waals surface area contributed by atoms with Crippen LogP contribution in [-0.4, -0.2) is 19.3 Å². The molecular formula is C17H15ClO4. The largest absolute Gasteiger partial charge is 1.00 e. The molecular weight excluding hydrogens is 304 g/mol. The summed E-state index contributed by atoms with van der Waals surface area (Å²) in [6.45, 7) is 0. The number of hydrogen-bond donors (Lipinski definition) is 1. The number of aromatic hydroxyl groups is 1. The summed E-state index contributed by atoms with van der Waals surface area (Å²) in [5.74, 6) is 2.30. The van der Waals surface area contributed by atoms with E-state index in [0.717, 1.165) is 10.9 Å². The van der Waals surface area contributed by atoms with Crippen molar-refractivity contribution in [1.82, 2.24) is 0 Å². The highest BCUT2D eigenvalue weighted by Gasteiger charge is 2.18. The van der Waals surface area contributed by atoms with Crippen LogP contribution in [0.1, 0.15) is 0 Å². The fourth-order valence-electron chi connectivity index (χ4n) is 2.20. The smallest absolute Gasteiger partial charge is 0.368 e. The van der Waals surface area contributed by atoms with Crippen molar-refractivity contribution in [3.8, 4) is 28.6 Å². The van der Waals surface area contributed by atoms with Crippen LogP contribution in [0.25, 0.3) is 22.3 Å². The van der Waals surface area contributed by atoms with Gasteiger partial charge in [-0.05, 0) is 30.3 Å². The van der Waals surface area contributed by atoms with Crippen LogP contribution in [0.2, 0.25) is 0 Å². The highest BCUT2D eigenvalue weighted by atomic mass is 35.5. The summed E-state index contributed by atoms with van der Waals surface area (Å²) in [5, 5.41) is 10.2. The minimum absolute atomic E-state index is 0. The Kier molecular flexibility index (Phi) is 4.73. The summed E-state index contributed by atoms with van der Waals surface area (Å²) < 4.78 is 16.5. The zero-order valence-electron chi connectivity index (χ0n) is 12.2. The molecule has 0 bridgehead atoms. The van der Waals surface area contributed by atoms with E-state index in [1.54, 1.807) is 38.5 Å². The van der Waals surface area contributed by atoms with E-state index in [1.807, 2.05) is 24.3 Å². The van der Waals surface area contributed by atoms with E-state index in [4.69, 9.17) is 13.9 Å². The Morgan fingerprint density at radius 3 is 2.27 bits per heavy atom. The first kappa shape index (κ1) is 15.9. The number of halogens is 1. The number of ether oxygens (including phenoxy) is 2. The number of rotatable bonds is 3. The van der Waals surface area contributed by atoms with Crippen molar-refractivity contribution in [2.24, 2.45) is 0 Å². The van der Waals surface area contributed by atoms with Gasteiger partial charge in [0.25, 0.3) is 0 Å². The molecule has 4 nitrogen and oxygen atoms in total. The second-order valence-electron chi connectivity index (χ2n) is 4.59. The first-order chi connectivity index (χ1) is 10.2. The number of phenols is 1. The molecule has 0 unspecified atom stereocenters. The molecule has 0 aliphatic rings. The number of benzene rings is 2. The summed E-state index contributed by atoms with van der Waals surface area (Å²) in [4.78, 5) is 0. The molecule has 1 N–H and O–H groups in total. The van der Waals surface area contributed by atoms with Crippen molar-refractivity contribution in [2.75, 3.05) is 14.2 Å². The lowest BCUT2D eigenvalue weighted by Gasteiger charge is -2.04. The molecule has 5 heteroatoms. The SMILES string of the molecule is COc1cc(OC)c2ccc(-c3ccc(O)cc3)[o+]c2c1.[Cl-]. The summed E-state index contributed by atoms with van der Waals surface area (Å²) in [7, 11) is 3.21. The predicted octanol–water partition coefficient (Wildman–Crippen LogP) is 1.11. The van der Waals surface area contributed by atoms with Crippen LogP contribution in [0.5, 0.6) is 17.2 Å². The van der Waals surface area contributed by atoms with Crippen LogP contribution < -0.4 is 21.9 Å². The van der Waals surface area contributed by atoms with Gasteiger partial charge in [-0.3, -0.25) is 0 Å². The molecule has 22 heavy (non-hydrogen) atoms. The average molecular weight is 319 g/mol. The quantitative estimate of drug-likeness (QED) is 0.735. The fourth-order valence-corrected chi connectivity index (χ4v) is 2.20. The summed E-state index contributed by atoms with van der Waals surface area (Å²) in [6.07, 6.45) is 0. The van der Waals surface area contributed by atoms with Crippen molar-refractivity contribution in [3.05, 3.63) is 48.5 Å². The van der Waals surface area contributed by atoms with Gasteiger partial charge in [0.2, 0.25) is 0 Å². The topological polar surface area (TPSA) is 50.0 Å². The molecule has 0 aliphatic heterocycles. The van der Waals surface area contributed by atoms with Gasteiger partial charge in [-0.25, -0.2) is 4.42 Å². The average Bonchev–Trinajstić information content (AvgIpc) is 2.53. The molecule has 0 amide bonds. The Balaban J connectivity index is 0.00000176. The maximum atomic E-state index is 9.35. The molecule has 1 heterocycles. The van der Waals surface area contributed by atoms with Gasteiger partial charge in [-0.2, -0.15) is 0 Å². The van der Waals surface area contributed by atoms with Gasteiger partial charge in [0.05, 0.1) is 25.8 Å². The Labute approximate surface area is 134 Å². The van der Waals surface area contributed by atoms with Crippen LogP contribution in [0, 0.1) is 0 Å². The maximum absolute atomic E-state index is 9.35. The molecule has 0 aliphatic carbocycles. The third kappa shape index (κ3) is 2.92. The van der Waals surface area contributed by atoms with E-state index in [2.05, 4.69) is 0 Å². The molecule has 0 saturated heterocycles. The highest BCUT2D eigenvalue weighted by Crippen LogP contribution is 2.34. The zero-order chi connectivity index (χ0) is 14.8. The van der Waals surface area contributed by atoms with Gasteiger partial charge in [0, 0.05) is 12.1 Å². The zero-order valence-corrected chi connectivity index (χ0v) is 12.9. The summed E-state index contributed by atoms with van der Waals surface area (Å²) in [5.41, 5.74) is 1.56. The first-order valence-electron chi connectivity index (χ1n) is 6.49. The predicted molar refractivity (Wildman–Crippen MR) is 80.8 cm³/mol. The van der Waals surface area contributed by atoms with Crippen LogP contribution in [0.15, 0.2) is 52.9 Å². The Morgan fingerprint density at radius 2 is 1.64 bits per heavy atom. The van der Waals surface area contributed by atoms with Gasteiger partial charge >= 0.3 is 11.3 Å². The molecule has 0 fully saturated rings. The third-order valence-corrected chi connectivity index (χ3v) is 3.31. The van der Waals surface area contributed by atoms with Crippen molar-refractivity contribution >= 4 is 11.0 Å². The number of fused-ring (bicyclic) bond motifs is 1. The number of methoxy groups -OCH3 is 2. The van der Waals surface area contributed by atoms with Crippen LogP contribution in [-0.2, 0) is 0 Å². The standard InChI is InChI=1S/C17H14O4.ClH/c1-19-13-9-16(20-2)14-7-8-15(21-17(14)10-13)11-3-5-12(18)6-4-11;/h3-10H,1-2H3;1H. The second kappa shape index (κ2) is 6.54. The van der Waals surface area contributed by atoms with E-state index in [-0.39, 0.29) is 18.2 Å². The monoisotopic (exact) mass is 318 g/mol. The lowest BCUT2D eigenvalue weighted by molar-refractivity contribution is -0.00000637. The van der Waals surface area contributed by atoms with E-state index in [9.17, 15) is 5.11 Å². The minimum atomic E-state index is 0. The third-order valence-electron chi connectivity index (χ3n) is 3.31. The van der Waals surface area contributed by atoms with Gasteiger partial charge in [-0.15, -0.1) is 0 Å². The van der Waals surface area contributed by atoms with Crippen molar-refractivity contribution in [2.45, 2.75) is 0 Å². The van der Waals surface area contributed by atoms with Crippen LogP contribution in [0.3, 0.4) is 0 Å². The molecule has 0 radical (unpaired) electrons. The van der Waals surface area contributed by atoms with Crippen molar-refractivity contribution in [1.29, 1.82) is 0 Å². The van der Waals surface area contributed by atoms with E-state index < -0.39 is 0 Å². The molecule has 0 saturated carbocycles. The van der Waals surface area contributed by atoms with Gasteiger partial charge in [-0.1, -0.05) is 0 Å². The van der Waals surface area contributed by atoms with E-state index >= 15 is 0 Å². The molecule has 0 spiro atoms. The Hall–Kier alpha value is -2.46. The molecule has 2 aromatic carbocycles. The molecule has 3 rings (SSSR count). The van der Waals surface area contributed by atoms with Crippen LogP contribution in [0.4, 0.5) is 0 Å². The summed E-state index contributed by atoms with van der Waals surface area (Å²) >= 11 is 0. The maximum Gasteiger partial charge on any atom is 0.368 e. The molecule has 114 valence electrons. The van der Waals surface area contributed by atoms with E-state index in [1.165, 1.54) is 0 Å². The Bertz CT molecular complexity index is 785. The lowest BCUT2D eigenvalue weighted by Crippen LogP contribution is -3.00. The molecule has 1 aromatic heterocycles. The van der Waals surface area contributed by atoms with Gasteiger partial charge in [0.1, 0.15) is 22.6 Å². The lowest BCUT2D eigenvalue weighted by atomic mass is 10.1. The van der Waals surface area contributed by atoms with Crippen molar-refractivity contribution < 1.29 is 31.4 Å². The first-order valence-corrected chi connectivity index (χ1v) is 6.49. The normalized spacial score (nSPS) is 10.1. The number of hydrogen-bond acceptors (Lipinski definition) is 3. The minimum Gasteiger partial charge on any atom is -1.00 e. The summed E-state index contributed by atoms with van der Waals surface area (Å²) in [6, 6.07) is 14.3. The molecule has 0 atom stereocenters. The van der Waals surface area contributed by atoms with Crippen LogP contribution >= 0.6 is 0 Å². The van der Waals surface area contributed by atoms with Gasteiger partial charge in [0.15, 0.2) is 0 Å². The van der Waals surface area contributed by atoms with E-state index in [0.29, 0.717) is 22.8 Å². The number of phenolic OH excluding ortho intramolecular Hbond substituents is 1. The van der Waals surface area contributed by atoms with Gasteiger partial charge < -0.3 is 27.0 Å². The Morgan fingerprint density at radius 1 is 0.909 bits per heavy atom. The molecule has 3 aromatic rings. The second-order valence-corrected chi connectivity index (χ2v) is 4.59. The van der Waals surface area contributed by atoms with Crippen molar-refractivity contribution in [3.63, 3.8) is 0 Å². The highest BCUT2D eigenvalue weighted by molar-refractivity contribution is 5.86. The fraction of sp³-hybridized carbons (Fsp3) is 0.118.